The highest BCUT2D eigenvalue weighted by molar-refractivity contribution is 5.80. The summed E-state index contributed by atoms with van der Waals surface area (Å²) >= 11 is 0. The van der Waals surface area contributed by atoms with Crippen molar-refractivity contribution in [3.05, 3.63) is 78.4 Å². The van der Waals surface area contributed by atoms with Crippen LogP contribution in [0.1, 0.15) is 5.56 Å². The lowest BCUT2D eigenvalue weighted by Gasteiger charge is -2.08. The van der Waals surface area contributed by atoms with Gasteiger partial charge in [-0.2, -0.15) is 0 Å². The molecule has 0 atom stereocenters. The second-order valence-electron chi connectivity index (χ2n) is 5.78. The van der Waals surface area contributed by atoms with Crippen molar-refractivity contribution in [1.82, 2.24) is 9.97 Å². The largest absolute Gasteiger partial charge is 0.457 e. The molecule has 0 fully saturated rings. The summed E-state index contributed by atoms with van der Waals surface area (Å²) in [6.45, 7) is 0.640. The van der Waals surface area contributed by atoms with Gasteiger partial charge in [-0.15, -0.1) is 0 Å². The molecule has 1 heterocycles. The van der Waals surface area contributed by atoms with Gasteiger partial charge in [-0.3, -0.25) is 0 Å². The van der Waals surface area contributed by atoms with E-state index in [1.54, 1.807) is 0 Å². The number of nitrogens with zero attached hydrogens (tertiary/aromatic N) is 1. The van der Waals surface area contributed by atoms with Gasteiger partial charge in [0.25, 0.3) is 0 Å². The first-order chi connectivity index (χ1) is 12.3. The molecule has 0 radical (unpaired) electrons. The molecule has 4 N–H and O–H groups in total. The number of aromatic nitrogens is 2. The van der Waals surface area contributed by atoms with Crippen LogP contribution in [0.5, 0.6) is 11.5 Å². The number of para-hydroxylation sites is 1. The first-order valence-electron chi connectivity index (χ1n) is 8.07. The van der Waals surface area contributed by atoms with E-state index in [2.05, 4.69) is 15.3 Å². The number of nitrogen functional groups attached to an aromatic ring is 1. The van der Waals surface area contributed by atoms with Crippen LogP contribution in [-0.4, -0.2) is 9.97 Å². The lowest BCUT2D eigenvalue weighted by molar-refractivity contribution is 0.482. The van der Waals surface area contributed by atoms with Gasteiger partial charge in [0.05, 0.1) is 11.0 Å². The number of imidazole rings is 1. The van der Waals surface area contributed by atoms with Gasteiger partial charge < -0.3 is 20.8 Å². The Kier molecular flexibility index (Phi) is 3.96. The van der Waals surface area contributed by atoms with E-state index >= 15 is 0 Å². The van der Waals surface area contributed by atoms with Crippen LogP contribution >= 0.6 is 0 Å². The molecule has 124 valence electrons. The van der Waals surface area contributed by atoms with Crippen molar-refractivity contribution < 1.29 is 4.74 Å². The number of H-pyrrole nitrogens is 1. The Balaban J connectivity index is 1.46. The van der Waals surface area contributed by atoms with Crippen LogP contribution in [0, 0.1) is 0 Å². The molecule has 0 aliphatic heterocycles. The van der Waals surface area contributed by atoms with Gasteiger partial charge in [-0.1, -0.05) is 30.3 Å². The highest BCUT2D eigenvalue weighted by Gasteiger charge is 2.04. The number of benzene rings is 3. The Morgan fingerprint density at radius 2 is 1.76 bits per heavy atom. The number of fused-ring (bicyclic) bond motifs is 1. The summed E-state index contributed by atoms with van der Waals surface area (Å²) in [5.74, 6) is 2.35. The molecule has 0 saturated heterocycles. The number of anilines is 2. The Hall–Kier alpha value is -3.47. The van der Waals surface area contributed by atoms with E-state index in [1.165, 1.54) is 0 Å². The fraction of sp³-hybridized carbons (Fsp3) is 0.0500. The first-order valence-corrected chi connectivity index (χ1v) is 8.07. The standard InChI is InChI=1S/C20H18N4O/c21-15-9-10-18-19(12-15)24-20(23-18)22-13-14-5-4-8-17(11-14)25-16-6-2-1-3-7-16/h1-12H,13,21H2,(H2,22,23,24). The molecule has 25 heavy (non-hydrogen) atoms. The molecule has 0 bridgehead atoms. The SMILES string of the molecule is Nc1ccc2nc(NCc3cccc(Oc4ccccc4)c3)[nH]c2c1. The van der Waals surface area contributed by atoms with Gasteiger partial charge in [0.2, 0.25) is 5.95 Å². The molecule has 0 spiro atoms. The quantitative estimate of drug-likeness (QED) is 0.469. The smallest absolute Gasteiger partial charge is 0.201 e. The summed E-state index contributed by atoms with van der Waals surface area (Å²) in [5, 5.41) is 3.30. The van der Waals surface area contributed by atoms with Gasteiger partial charge in [0.1, 0.15) is 11.5 Å². The maximum atomic E-state index is 5.87. The zero-order valence-electron chi connectivity index (χ0n) is 13.6. The second kappa shape index (κ2) is 6.57. The number of aromatic amines is 1. The van der Waals surface area contributed by atoms with Crippen molar-refractivity contribution in [2.24, 2.45) is 0 Å². The van der Waals surface area contributed by atoms with E-state index in [9.17, 15) is 0 Å². The van der Waals surface area contributed by atoms with Crippen LogP contribution in [-0.2, 0) is 6.54 Å². The van der Waals surface area contributed by atoms with E-state index in [4.69, 9.17) is 10.5 Å². The number of hydrogen-bond donors (Lipinski definition) is 3. The number of nitrogens with two attached hydrogens (primary N) is 1. The third-order valence-electron chi connectivity index (χ3n) is 3.84. The first kappa shape index (κ1) is 15.1. The van der Waals surface area contributed by atoms with Crippen molar-refractivity contribution in [3.8, 4) is 11.5 Å². The van der Waals surface area contributed by atoms with Crippen LogP contribution in [0.4, 0.5) is 11.6 Å². The highest BCUT2D eigenvalue weighted by atomic mass is 16.5. The lowest BCUT2D eigenvalue weighted by atomic mass is 10.2. The Bertz CT molecular complexity index is 995. The average molecular weight is 330 g/mol. The van der Waals surface area contributed by atoms with Gasteiger partial charge in [0, 0.05) is 12.2 Å². The van der Waals surface area contributed by atoms with Gasteiger partial charge in [0.15, 0.2) is 0 Å². The van der Waals surface area contributed by atoms with E-state index in [0.29, 0.717) is 12.2 Å². The van der Waals surface area contributed by atoms with Crippen LogP contribution in [0.15, 0.2) is 72.8 Å². The maximum absolute atomic E-state index is 5.87. The molecule has 0 saturated carbocycles. The normalized spacial score (nSPS) is 10.7. The molecule has 5 nitrogen and oxygen atoms in total. The van der Waals surface area contributed by atoms with Crippen molar-refractivity contribution >= 4 is 22.7 Å². The van der Waals surface area contributed by atoms with Crippen LogP contribution in [0.25, 0.3) is 11.0 Å². The van der Waals surface area contributed by atoms with Crippen molar-refractivity contribution in [2.75, 3.05) is 11.1 Å². The molecule has 0 aliphatic rings. The summed E-state index contributed by atoms with van der Waals surface area (Å²) in [5.41, 5.74) is 9.42. The van der Waals surface area contributed by atoms with Gasteiger partial charge in [-0.25, -0.2) is 4.98 Å². The predicted octanol–water partition coefficient (Wildman–Crippen LogP) is 4.55. The van der Waals surface area contributed by atoms with Gasteiger partial charge >= 0.3 is 0 Å². The Morgan fingerprint density at radius 1 is 0.920 bits per heavy atom. The van der Waals surface area contributed by atoms with Crippen LogP contribution in [0.2, 0.25) is 0 Å². The Morgan fingerprint density at radius 3 is 2.64 bits per heavy atom. The van der Waals surface area contributed by atoms with E-state index < -0.39 is 0 Å². The molecule has 0 amide bonds. The minimum Gasteiger partial charge on any atom is -0.457 e. The summed E-state index contributed by atoms with van der Waals surface area (Å²) in [6, 6.07) is 23.4. The van der Waals surface area contributed by atoms with Crippen molar-refractivity contribution in [1.29, 1.82) is 0 Å². The third-order valence-corrected chi connectivity index (χ3v) is 3.84. The molecular formula is C20H18N4O. The van der Waals surface area contributed by atoms with E-state index in [-0.39, 0.29) is 0 Å². The third kappa shape index (κ3) is 3.55. The molecule has 4 rings (SSSR count). The van der Waals surface area contributed by atoms with Crippen molar-refractivity contribution in [3.63, 3.8) is 0 Å². The topological polar surface area (TPSA) is 76.0 Å². The molecule has 3 aromatic carbocycles. The highest BCUT2D eigenvalue weighted by Crippen LogP contribution is 2.22. The Labute approximate surface area is 145 Å². The van der Waals surface area contributed by atoms with Crippen molar-refractivity contribution in [2.45, 2.75) is 6.54 Å². The summed E-state index contributed by atoms with van der Waals surface area (Å²) in [4.78, 5) is 7.73. The fourth-order valence-electron chi connectivity index (χ4n) is 2.64. The molecular weight excluding hydrogens is 312 g/mol. The second-order valence-corrected chi connectivity index (χ2v) is 5.78. The minimum atomic E-state index is 0.640. The summed E-state index contributed by atoms with van der Waals surface area (Å²) in [6.07, 6.45) is 0. The van der Waals surface area contributed by atoms with Crippen LogP contribution < -0.4 is 15.8 Å². The summed E-state index contributed by atoms with van der Waals surface area (Å²) in [7, 11) is 0. The molecule has 0 aliphatic carbocycles. The zero-order valence-corrected chi connectivity index (χ0v) is 13.6. The molecule has 5 heteroatoms. The predicted molar refractivity (Wildman–Crippen MR) is 101 cm³/mol. The van der Waals surface area contributed by atoms with Crippen LogP contribution in [0.3, 0.4) is 0 Å². The zero-order chi connectivity index (χ0) is 17.1. The lowest BCUT2D eigenvalue weighted by Crippen LogP contribution is -2.00. The number of hydrogen-bond acceptors (Lipinski definition) is 4. The monoisotopic (exact) mass is 330 g/mol. The number of nitrogens with one attached hydrogen (secondary N) is 2. The molecule has 4 aromatic rings. The van der Waals surface area contributed by atoms with E-state index in [0.717, 1.165) is 34.0 Å². The number of rotatable bonds is 5. The van der Waals surface area contributed by atoms with E-state index in [1.807, 2.05) is 72.8 Å². The average Bonchev–Trinajstić information content (AvgIpc) is 3.03. The molecule has 0 unspecified atom stereocenters. The molecule has 1 aromatic heterocycles. The minimum absolute atomic E-state index is 0.640. The summed E-state index contributed by atoms with van der Waals surface area (Å²) < 4.78 is 5.87. The number of ether oxygens (including phenoxy) is 1. The van der Waals surface area contributed by atoms with Gasteiger partial charge in [-0.05, 0) is 48.0 Å². The fourth-order valence-corrected chi connectivity index (χ4v) is 2.64. The maximum Gasteiger partial charge on any atom is 0.201 e.